The number of amides is 11. The number of fused-ring (bicyclic) bond motifs is 1. The van der Waals surface area contributed by atoms with Crippen molar-refractivity contribution in [3.63, 3.8) is 0 Å². The van der Waals surface area contributed by atoms with E-state index in [1.54, 1.807) is 105 Å². The third-order valence-electron chi connectivity index (χ3n) is 16.3. The number of phenols is 2. The second-order valence-electron chi connectivity index (χ2n) is 24.4. The van der Waals surface area contributed by atoms with Crippen LogP contribution in [0.2, 0.25) is 0 Å². The van der Waals surface area contributed by atoms with Gasteiger partial charge in [0.05, 0.1) is 12.5 Å². The Balaban J connectivity index is 1.33. The van der Waals surface area contributed by atoms with Gasteiger partial charge in [0.15, 0.2) is 0 Å². The molecule has 2 heterocycles. The molecule has 27 nitrogen and oxygen atoms in total. The highest BCUT2D eigenvalue weighted by molar-refractivity contribution is 6.00. The molecule has 0 unspecified atom stereocenters. The fourth-order valence-electron chi connectivity index (χ4n) is 11.3. The molecule has 0 radical (unpaired) electrons. The summed E-state index contributed by atoms with van der Waals surface area (Å²) in [7, 11) is 0. The SMILES string of the molecule is CC(C)C[C@@H]1NC(=O)[C@H](Cc2ccc(O)cc2)NC(=O)[C@H]([C@@H](C)O)NC(=O)[C@H](Cc2ccc(O)cc2)NC(=O)[C@H](CCC(N)=O)NC(=O)[C@H](CC(=O)O)NC(=O)[C@@H](Cc2ccccc2)NC(=O)[C@H](Cc2ccccc2)NC(=O)[C@@H]2CCCN2C(=O)[C@@H](Cc2ccccc2)NC1=O. The molecule has 5 aromatic carbocycles. The van der Waals surface area contributed by atoms with Gasteiger partial charge in [0.25, 0.3) is 0 Å². The van der Waals surface area contributed by atoms with Crippen molar-refractivity contribution in [3.05, 3.63) is 167 Å². The molecule has 11 atom stereocenters. The maximum absolute atomic E-state index is 15.2. The summed E-state index contributed by atoms with van der Waals surface area (Å²) in [5.74, 6) is -13.1. The molecule has 2 fully saturated rings. The quantitative estimate of drug-likeness (QED) is 0.0555. The van der Waals surface area contributed by atoms with Gasteiger partial charge in [-0.1, -0.05) is 129 Å². The summed E-state index contributed by atoms with van der Waals surface area (Å²) in [5, 5.41) is 65.1. The smallest absolute Gasteiger partial charge is 0.305 e. The number of benzene rings is 5. The van der Waals surface area contributed by atoms with E-state index in [0.29, 0.717) is 34.2 Å². The van der Waals surface area contributed by atoms with Gasteiger partial charge in [-0.3, -0.25) is 57.5 Å². The number of hydrogen-bond donors (Lipinski definition) is 14. The number of carbonyl (C=O) groups excluding carboxylic acids is 11. The highest BCUT2D eigenvalue weighted by Gasteiger charge is 2.42. The number of carboxylic acid groups (broad SMARTS) is 1. The summed E-state index contributed by atoms with van der Waals surface area (Å²) in [5.41, 5.74) is 7.86. The van der Waals surface area contributed by atoms with Crippen molar-refractivity contribution in [1.82, 2.24) is 52.8 Å². The Labute approximate surface area is 554 Å². The van der Waals surface area contributed by atoms with Gasteiger partial charge in [0.1, 0.15) is 71.9 Å². The van der Waals surface area contributed by atoms with E-state index in [-0.39, 0.29) is 62.5 Å². The van der Waals surface area contributed by atoms with E-state index in [1.165, 1.54) is 53.4 Å². The van der Waals surface area contributed by atoms with Crippen LogP contribution in [0, 0.1) is 5.92 Å². The van der Waals surface area contributed by atoms with Crippen molar-refractivity contribution >= 4 is 70.9 Å². The van der Waals surface area contributed by atoms with Crippen LogP contribution in [0.15, 0.2) is 140 Å². The average Bonchev–Trinajstić information content (AvgIpc) is 1.54. The third-order valence-corrected chi connectivity index (χ3v) is 16.3. The lowest BCUT2D eigenvalue weighted by molar-refractivity contribution is -0.143. The first-order chi connectivity index (χ1) is 45.8. The topological polar surface area (TPSA) is 423 Å². The molecule has 2 aliphatic rings. The van der Waals surface area contributed by atoms with Crippen molar-refractivity contribution in [3.8, 4) is 11.5 Å². The molecule has 0 aliphatic carbocycles. The molecule has 0 saturated carbocycles. The lowest BCUT2D eigenvalue weighted by atomic mass is 9.99. The molecule has 0 aromatic heterocycles. The van der Waals surface area contributed by atoms with Crippen molar-refractivity contribution in [2.45, 2.75) is 158 Å². The number of nitrogens with one attached hydrogen (secondary N) is 9. The summed E-state index contributed by atoms with van der Waals surface area (Å²) < 4.78 is 0. The van der Waals surface area contributed by atoms with Crippen LogP contribution in [0.1, 0.15) is 87.1 Å². The van der Waals surface area contributed by atoms with Crippen LogP contribution in [0.5, 0.6) is 11.5 Å². The first-order valence-corrected chi connectivity index (χ1v) is 31.7. The molecule has 7 rings (SSSR count). The number of carboxylic acids is 1. The molecule has 11 amide bonds. The second kappa shape index (κ2) is 35.0. The summed E-state index contributed by atoms with van der Waals surface area (Å²) in [6.07, 6.45) is -4.85. The van der Waals surface area contributed by atoms with Gasteiger partial charge >= 0.3 is 5.97 Å². The van der Waals surface area contributed by atoms with Crippen LogP contribution >= 0.6 is 0 Å². The van der Waals surface area contributed by atoms with Crippen LogP contribution < -0.4 is 53.6 Å². The molecule has 27 heteroatoms. The molecule has 2 aliphatic heterocycles. The number of aliphatic hydroxyl groups excluding tert-OH is 1. The number of primary amides is 1. The molecule has 96 heavy (non-hydrogen) atoms. The maximum atomic E-state index is 15.2. The molecule has 5 aromatic rings. The Morgan fingerprint density at radius 2 is 0.792 bits per heavy atom. The highest BCUT2D eigenvalue weighted by Crippen LogP contribution is 2.22. The molecular weight excluding hydrogens is 1240 g/mol. The minimum Gasteiger partial charge on any atom is -0.508 e. The number of aliphatic hydroxyl groups is 1. The summed E-state index contributed by atoms with van der Waals surface area (Å²) in [6, 6.07) is 20.3. The second-order valence-corrected chi connectivity index (χ2v) is 24.4. The van der Waals surface area contributed by atoms with E-state index in [4.69, 9.17) is 5.73 Å². The minimum atomic E-state index is -2.02. The number of nitrogens with zero attached hydrogens (tertiary/aromatic N) is 1. The van der Waals surface area contributed by atoms with E-state index in [9.17, 15) is 73.2 Å². The summed E-state index contributed by atoms with van der Waals surface area (Å²) in [6.45, 7) is 4.74. The van der Waals surface area contributed by atoms with E-state index < -0.39 is 163 Å². The predicted octanol–water partition coefficient (Wildman–Crippen LogP) is 0.146. The zero-order valence-electron chi connectivity index (χ0n) is 53.4. The van der Waals surface area contributed by atoms with Crippen LogP contribution in [0.3, 0.4) is 0 Å². The van der Waals surface area contributed by atoms with Crippen LogP contribution in [-0.2, 0) is 89.6 Å². The molecule has 2 saturated heterocycles. The largest absolute Gasteiger partial charge is 0.508 e. The van der Waals surface area contributed by atoms with Crippen molar-refractivity contribution < 1.29 is 78.0 Å². The van der Waals surface area contributed by atoms with E-state index in [1.807, 2.05) is 0 Å². The Morgan fingerprint density at radius 3 is 1.22 bits per heavy atom. The van der Waals surface area contributed by atoms with Gasteiger partial charge in [-0.15, -0.1) is 0 Å². The third kappa shape index (κ3) is 22.0. The van der Waals surface area contributed by atoms with E-state index >= 15 is 4.79 Å². The zero-order valence-corrected chi connectivity index (χ0v) is 53.4. The van der Waals surface area contributed by atoms with Crippen LogP contribution in [-0.4, -0.2) is 169 Å². The van der Waals surface area contributed by atoms with Gasteiger partial charge in [-0.2, -0.15) is 0 Å². The van der Waals surface area contributed by atoms with Crippen molar-refractivity contribution in [2.75, 3.05) is 6.54 Å². The van der Waals surface area contributed by atoms with Crippen molar-refractivity contribution in [1.29, 1.82) is 0 Å². The van der Waals surface area contributed by atoms with Gasteiger partial charge in [0.2, 0.25) is 65.0 Å². The number of phenolic OH excluding ortho intramolecular Hbond substituents is 2. The van der Waals surface area contributed by atoms with E-state index in [2.05, 4.69) is 47.9 Å². The number of carbonyl (C=O) groups is 12. The van der Waals surface area contributed by atoms with E-state index in [0.717, 1.165) is 6.92 Å². The molecule has 15 N–H and O–H groups in total. The average molecular weight is 1320 g/mol. The number of rotatable bonds is 18. The monoisotopic (exact) mass is 1320 g/mol. The van der Waals surface area contributed by atoms with Gasteiger partial charge in [0, 0.05) is 45.1 Å². The highest BCUT2D eigenvalue weighted by atomic mass is 16.4. The number of hydrogen-bond acceptors (Lipinski definition) is 15. The van der Waals surface area contributed by atoms with Gasteiger partial charge in [-0.05, 0) is 90.6 Å². The Kier molecular flexibility index (Phi) is 26.5. The van der Waals surface area contributed by atoms with Crippen LogP contribution in [0.25, 0.3) is 0 Å². The first-order valence-electron chi connectivity index (χ1n) is 31.7. The molecule has 0 spiro atoms. The fourth-order valence-corrected chi connectivity index (χ4v) is 11.3. The lowest BCUT2D eigenvalue weighted by Crippen LogP contribution is -2.63. The Bertz CT molecular complexity index is 3550. The number of nitrogens with two attached hydrogens (primary N) is 1. The zero-order chi connectivity index (χ0) is 69.6. The summed E-state index contributed by atoms with van der Waals surface area (Å²) >= 11 is 0. The van der Waals surface area contributed by atoms with Gasteiger partial charge in [-0.25, -0.2) is 0 Å². The maximum Gasteiger partial charge on any atom is 0.305 e. The Morgan fingerprint density at radius 1 is 0.448 bits per heavy atom. The Hall–Kier alpha value is -10.7. The predicted molar refractivity (Wildman–Crippen MR) is 348 cm³/mol. The number of aliphatic carboxylic acids is 1. The minimum absolute atomic E-state index is 0.0202. The lowest BCUT2D eigenvalue weighted by Gasteiger charge is -2.32. The molecular formula is C69H83N11O16. The number of aromatic hydroxyl groups is 2. The molecule has 0 bridgehead atoms. The standard InChI is InChI=1S/C69H83N11O16/c1-39(2)32-49-61(88)78-55(37-43-18-11-6-12-19-43)69(96)80-31-13-20-56(80)67(94)76-51(34-42-16-9-5-10-17-42)63(90)74-50(33-41-14-7-4-8-15-41)62(89)75-54(38-58(85)86)65(92)71-48(29-30-57(70)84)60(87)73-53(36-45-23-27-47(83)28-24-45)66(93)79-59(40(3)81)68(95)77-52(64(91)72-49)35-44-21-25-46(82)26-22-44/h4-12,14-19,21-28,39-40,48-56,59,81-83H,13,20,29-38H2,1-3H3,(H2,70,84)(H,71,92)(H,72,91)(H,73,87)(H,74,90)(H,75,89)(H,76,94)(H,77,95)(H,78,88)(H,79,93)(H,85,86)/t40-,48+,49+,50-,51+,52+,53+,54+,55-,56+,59+/m1/s1. The fraction of sp³-hybridized carbons (Fsp3) is 0.391. The first kappa shape index (κ1) is 72.7. The van der Waals surface area contributed by atoms with Gasteiger partial charge < -0.3 is 78.9 Å². The molecule has 510 valence electrons. The van der Waals surface area contributed by atoms with Crippen LogP contribution in [0.4, 0.5) is 0 Å². The normalized spacial score (nSPS) is 23.7. The summed E-state index contributed by atoms with van der Waals surface area (Å²) in [4.78, 5) is 174. The van der Waals surface area contributed by atoms with Crippen molar-refractivity contribution in [2.24, 2.45) is 11.7 Å².